The Kier molecular flexibility index (Phi) is 9.05. The van der Waals surface area contributed by atoms with E-state index in [9.17, 15) is 43.2 Å². The topological polar surface area (TPSA) is 71.5 Å². The van der Waals surface area contributed by atoms with Gasteiger partial charge in [-0.2, -0.15) is 26.3 Å². The molecule has 1 unspecified atom stereocenters. The second kappa shape index (κ2) is 9.13. The van der Waals surface area contributed by atoms with Gasteiger partial charge in [-0.3, -0.25) is 0 Å². The van der Waals surface area contributed by atoms with E-state index in [0.717, 1.165) is 6.42 Å². The van der Waals surface area contributed by atoms with Crippen LogP contribution in [-0.4, -0.2) is 36.2 Å². The first kappa shape index (κ1) is 24.8. The number of sulfonamides is 2. The maximum Gasteiger partial charge on any atom is 0.513 e. The zero-order valence-electron chi connectivity index (χ0n) is 13.4. The molecule has 0 aromatic heterocycles. The first-order chi connectivity index (χ1) is 11.1. The van der Waals surface area contributed by atoms with Crippen molar-refractivity contribution in [3.05, 3.63) is 0 Å². The standard InChI is InChI=1S/C11H19F6NO4S3/c1-3-5-6-8-9(7-4-2)23-18(24(19,20)10(12,13)14)25(21,22)11(15,16)17/h9H,3-8H2,1-2H3. The van der Waals surface area contributed by atoms with Crippen molar-refractivity contribution in [3.63, 3.8) is 0 Å². The van der Waals surface area contributed by atoms with Gasteiger partial charge in [0.25, 0.3) is 0 Å². The molecular weight excluding hydrogens is 420 g/mol. The van der Waals surface area contributed by atoms with E-state index in [1.54, 1.807) is 6.92 Å². The van der Waals surface area contributed by atoms with Crippen LogP contribution in [0.3, 0.4) is 0 Å². The van der Waals surface area contributed by atoms with E-state index in [1.807, 2.05) is 6.92 Å². The largest absolute Gasteiger partial charge is 0.513 e. The molecule has 5 nitrogen and oxygen atoms in total. The van der Waals surface area contributed by atoms with E-state index in [2.05, 4.69) is 0 Å². The Morgan fingerprint density at radius 1 is 0.800 bits per heavy atom. The Bertz CT molecular complexity index is 571. The molecule has 0 saturated carbocycles. The van der Waals surface area contributed by atoms with E-state index in [-0.39, 0.29) is 12.8 Å². The van der Waals surface area contributed by atoms with Gasteiger partial charge in [0.05, 0.1) is 0 Å². The van der Waals surface area contributed by atoms with E-state index >= 15 is 0 Å². The van der Waals surface area contributed by atoms with Crippen LogP contribution in [0, 0.1) is 0 Å². The second-order valence-electron chi connectivity index (χ2n) is 5.08. The van der Waals surface area contributed by atoms with Gasteiger partial charge in [0.2, 0.25) is 0 Å². The molecule has 0 heterocycles. The van der Waals surface area contributed by atoms with Crippen LogP contribution in [0.5, 0.6) is 0 Å². The Morgan fingerprint density at radius 3 is 1.56 bits per heavy atom. The monoisotopic (exact) mass is 439 g/mol. The minimum absolute atomic E-state index is 0.0611. The van der Waals surface area contributed by atoms with Crippen molar-refractivity contribution in [3.8, 4) is 0 Å². The average Bonchev–Trinajstić information content (AvgIpc) is 2.41. The summed E-state index contributed by atoms with van der Waals surface area (Å²) in [5, 5.41) is -1.02. The van der Waals surface area contributed by atoms with Gasteiger partial charge < -0.3 is 0 Å². The third-order valence-electron chi connectivity index (χ3n) is 2.95. The molecule has 25 heavy (non-hydrogen) atoms. The lowest BCUT2D eigenvalue weighted by molar-refractivity contribution is -0.0503. The predicted molar refractivity (Wildman–Crippen MR) is 82.2 cm³/mol. The molecule has 1 atom stereocenters. The molecular formula is C11H19F6NO4S3. The molecule has 0 aliphatic heterocycles. The highest BCUT2D eigenvalue weighted by Gasteiger charge is 2.62. The minimum Gasteiger partial charge on any atom is -0.201 e. The van der Waals surface area contributed by atoms with E-state index in [4.69, 9.17) is 0 Å². The maximum atomic E-state index is 12.7. The van der Waals surface area contributed by atoms with Gasteiger partial charge in [-0.05, 0) is 27.9 Å². The van der Waals surface area contributed by atoms with Gasteiger partial charge in [-0.1, -0.05) is 39.5 Å². The summed E-state index contributed by atoms with van der Waals surface area (Å²) in [4.78, 5) is 0. The number of halogens is 6. The van der Waals surface area contributed by atoms with Crippen LogP contribution in [0.15, 0.2) is 0 Å². The molecule has 0 rings (SSSR count). The van der Waals surface area contributed by atoms with Gasteiger partial charge in [-0.25, -0.2) is 16.8 Å². The number of rotatable bonds is 10. The quantitative estimate of drug-likeness (QED) is 0.287. The summed E-state index contributed by atoms with van der Waals surface area (Å²) in [5.41, 5.74) is -12.4. The molecule has 0 spiro atoms. The SMILES string of the molecule is CCCCCC(CCC)SN(S(=O)(=O)C(F)(F)F)S(=O)(=O)C(F)(F)F. The summed E-state index contributed by atoms with van der Waals surface area (Å²) in [5.74, 6) is 0. The molecule has 152 valence electrons. The maximum absolute atomic E-state index is 12.7. The summed E-state index contributed by atoms with van der Waals surface area (Å²) in [6.45, 7) is 3.41. The van der Waals surface area contributed by atoms with Crippen molar-refractivity contribution < 1.29 is 43.2 Å². The van der Waals surface area contributed by atoms with E-state index in [0.29, 0.717) is 19.3 Å². The summed E-state index contributed by atoms with van der Waals surface area (Å²) in [7, 11) is -13.5. The zero-order chi connectivity index (χ0) is 20.1. The molecule has 14 heteroatoms. The number of hydrogen-bond donors (Lipinski definition) is 0. The smallest absolute Gasteiger partial charge is 0.201 e. The molecule has 0 bridgehead atoms. The van der Waals surface area contributed by atoms with Crippen molar-refractivity contribution in [2.45, 2.75) is 68.6 Å². The number of unbranched alkanes of at least 4 members (excludes halogenated alkanes) is 2. The number of alkyl halides is 6. The van der Waals surface area contributed by atoms with E-state index in [1.165, 1.54) is 0 Å². The highest BCUT2D eigenvalue weighted by molar-refractivity contribution is 8.21. The Morgan fingerprint density at radius 2 is 1.24 bits per heavy atom. The first-order valence-corrected chi connectivity index (χ1v) is 10.9. The molecule has 0 aromatic rings. The average molecular weight is 439 g/mol. The normalized spacial score (nSPS) is 15.6. The Hall–Kier alpha value is -0.210. The first-order valence-electron chi connectivity index (χ1n) is 7.22. The molecule has 0 N–H and O–H groups in total. The molecule has 0 aromatic carbocycles. The van der Waals surface area contributed by atoms with Crippen molar-refractivity contribution in [1.29, 1.82) is 0 Å². The zero-order valence-corrected chi connectivity index (χ0v) is 15.8. The molecule has 0 aliphatic carbocycles. The molecule has 0 radical (unpaired) electrons. The Balaban J connectivity index is 5.91. The predicted octanol–water partition coefficient (Wildman–Crippen LogP) is 4.38. The number of nitrogens with zero attached hydrogens (tertiary/aromatic N) is 1. The van der Waals surface area contributed by atoms with Crippen LogP contribution < -0.4 is 0 Å². The van der Waals surface area contributed by atoms with Crippen molar-refractivity contribution in [2.24, 2.45) is 0 Å². The molecule has 0 saturated heterocycles. The third-order valence-corrected chi connectivity index (χ3v) is 8.72. The van der Waals surface area contributed by atoms with Crippen LogP contribution in [0.2, 0.25) is 0 Å². The Labute approximate surface area is 147 Å². The van der Waals surface area contributed by atoms with Gasteiger partial charge in [-0.15, -0.1) is 0 Å². The van der Waals surface area contributed by atoms with Crippen LogP contribution in [0.1, 0.15) is 52.4 Å². The summed E-state index contributed by atoms with van der Waals surface area (Å²) >= 11 is -0.450. The van der Waals surface area contributed by atoms with Gasteiger partial charge in [0, 0.05) is 5.25 Å². The fourth-order valence-corrected chi connectivity index (χ4v) is 6.61. The summed E-state index contributed by atoms with van der Waals surface area (Å²) < 4.78 is 120. The lowest BCUT2D eigenvalue weighted by Gasteiger charge is -2.26. The fraction of sp³-hybridized carbons (Fsp3) is 1.00. The van der Waals surface area contributed by atoms with Crippen LogP contribution >= 0.6 is 11.9 Å². The summed E-state index contributed by atoms with van der Waals surface area (Å²) in [6.07, 6.45) is 2.23. The van der Waals surface area contributed by atoms with Crippen LogP contribution in [0.25, 0.3) is 0 Å². The van der Waals surface area contributed by atoms with Gasteiger partial charge in [0.1, 0.15) is 0 Å². The third kappa shape index (κ3) is 6.47. The van der Waals surface area contributed by atoms with Crippen molar-refractivity contribution >= 4 is 32.0 Å². The molecule has 0 aliphatic rings. The van der Waals surface area contributed by atoms with Gasteiger partial charge in [0.15, 0.2) is 0 Å². The van der Waals surface area contributed by atoms with Crippen molar-refractivity contribution in [1.82, 2.24) is 3.12 Å². The second-order valence-corrected chi connectivity index (χ2v) is 10.6. The fourth-order valence-electron chi connectivity index (χ4n) is 1.73. The summed E-state index contributed by atoms with van der Waals surface area (Å²) in [6, 6.07) is 0. The van der Waals surface area contributed by atoms with E-state index < -0.39 is 51.4 Å². The lowest BCUT2D eigenvalue weighted by Crippen LogP contribution is -2.46. The molecule has 0 amide bonds. The highest BCUT2D eigenvalue weighted by atomic mass is 32.3. The van der Waals surface area contributed by atoms with Gasteiger partial charge >= 0.3 is 31.1 Å². The number of hydrogen-bond acceptors (Lipinski definition) is 5. The minimum atomic E-state index is -6.73. The highest BCUT2D eigenvalue weighted by Crippen LogP contribution is 2.42. The lowest BCUT2D eigenvalue weighted by atomic mass is 10.1. The van der Waals surface area contributed by atoms with Crippen LogP contribution in [-0.2, 0) is 20.0 Å². The van der Waals surface area contributed by atoms with Crippen molar-refractivity contribution in [2.75, 3.05) is 0 Å². The molecule has 0 fully saturated rings. The van der Waals surface area contributed by atoms with Crippen LogP contribution in [0.4, 0.5) is 26.3 Å².